The molecule has 0 unspecified atom stereocenters. The van der Waals surface area contributed by atoms with E-state index in [4.69, 9.17) is 0 Å². The second-order valence-corrected chi connectivity index (χ2v) is 5.70. The molecule has 1 aromatic carbocycles. The molecule has 0 aliphatic heterocycles. The van der Waals surface area contributed by atoms with Crippen molar-refractivity contribution in [3.8, 4) is 0 Å². The van der Waals surface area contributed by atoms with Crippen LogP contribution >= 0.6 is 0 Å². The number of allylic oxidation sites excluding steroid dienone is 2. The van der Waals surface area contributed by atoms with E-state index in [-0.39, 0.29) is 37.5 Å². The lowest BCUT2D eigenvalue weighted by atomic mass is 10.1. The van der Waals surface area contributed by atoms with Crippen molar-refractivity contribution in [2.24, 2.45) is 0 Å². The highest BCUT2D eigenvalue weighted by atomic mass is 19.2. The van der Waals surface area contributed by atoms with Crippen LogP contribution in [0, 0.1) is 29.1 Å². The molecule has 3 N–H and O–H groups in total. The fourth-order valence-electron chi connectivity index (χ4n) is 2.01. The normalized spacial score (nSPS) is 11.6. The quantitative estimate of drug-likeness (QED) is 0.143. The fraction of sp³-hybridized carbons (Fsp3) is 0.278. The van der Waals surface area contributed by atoms with Crippen LogP contribution in [0.1, 0.15) is 25.3 Å². The van der Waals surface area contributed by atoms with Crippen LogP contribution in [0.4, 0.5) is 22.0 Å². The number of amides is 2. The minimum Gasteiger partial charge on any atom is -0.512 e. The molecule has 0 heterocycles. The van der Waals surface area contributed by atoms with Crippen molar-refractivity contribution in [2.45, 2.75) is 19.8 Å². The van der Waals surface area contributed by atoms with Crippen molar-refractivity contribution in [2.75, 3.05) is 13.1 Å². The topological polar surface area (TPSA) is 95.5 Å². The third kappa shape index (κ3) is 7.35. The van der Waals surface area contributed by atoms with Gasteiger partial charge in [0.15, 0.2) is 29.1 Å². The standard InChI is InChI=1S/C18H17F5N2O4/c1-9(26)8-10(27)2-4-12(28)24-6-7-25-13(29)5-3-11-14(19)16(21)18(23)17(22)15(11)20/h3,5,8,27H,2,4,6-7H2,1H3,(H,24,28)(H,25,29)/b5-3+,10-8?. The Morgan fingerprint density at radius 1 is 0.862 bits per heavy atom. The Balaban J connectivity index is 2.47. The second kappa shape index (κ2) is 10.9. The molecule has 0 aliphatic rings. The Labute approximate surface area is 162 Å². The lowest BCUT2D eigenvalue weighted by molar-refractivity contribution is -0.121. The van der Waals surface area contributed by atoms with Gasteiger partial charge in [0.25, 0.3) is 0 Å². The molecule has 158 valence electrons. The molecular weight excluding hydrogens is 403 g/mol. The zero-order chi connectivity index (χ0) is 22.1. The second-order valence-electron chi connectivity index (χ2n) is 5.70. The van der Waals surface area contributed by atoms with E-state index in [0.29, 0.717) is 12.2 Å². The molecule has 0 saturated heterocycles. The Morgan fingerprint density at radius 2 is 1.38 bits per heavy atom. The molecule has 0 saturated carbocycles. The number of benzene rings is 1. The highest BCUT2D eigenvalue weighted by Gasteiger charge is 2.24. The van der Waals surface area contributed by atoms with Gasteiger partial charge in [-0.1, -0.05) is 0 Å². The van der Waals surface area contributed by atoms with Crippen LogP contribution in [0.25, 0.3) is 6.08 Å². The molecule has 2 amide bonds. The van der Waals surface area contributed by atoms with Gasteiger partial charge in [-0.3, -0.25) is 14.4 Å². The van der Waals surface area contributed by atoms with Gasteiger partial charge in [0, 0.05) is 38.1 Å². The van der Waals surface area contributed by atoms with Gasteiger partial charge >= 0.3 is 0 Å². The first kappa shape index (κ1) is 23.8. The SMILES string of the molecule is CC(=O)C=C(O)CCC(=O)NCCNC(=O)/C=C/c1c(F)c(F)c(F)c(F)c1F. The van der Waals surface area contributed by atoms with Crippen LogP contribution in [0.15, 0.2) is 17.9 Å². The molecule has 0 fully saturated rings. The Kier molecular flexibility index (Phi) is 8.97. The van der Waals surface area contributed by atoms with E-state index in [1.807, 2.05) is 0 Å². The van der Waals surface area contributed by atoms with Crippen LogP contribution in [0.2, 0.25) is 0 Å². The van der Waals surface area contributed by atoms with Crippen molar-refractivity contribution in [3.05, 3.63) is 52.6 Å². The molecule has 0 spiro atoms. The molecule has 11 heteroatoms. The van der Waals surface area contributed by atoms with E-state index in [0.717, 1.165) is 6.08 Å². The largest absolute Gasteiger partial charge is 0.512 e. The minimum absolute atomic E-state index is 0.0296. The summed E-state index contributed by atoms with van der Waals surface area (Å²) < 4.78 is 65.9. The number of rotatable bonds is 9. The smallest absolute Gasteiger partial charge is 0.244 e. The number of halogens is 5. The fourth-order valence-corrected chi connectivity index (χ4v) is 2.01. The summed E-state index contributed by atoms with van der Waals surface area (Å²) in [4.78, 5) is 33.8. The number of ketones is 1. The maximum atomic E-state index is 13.5. The average Bonchev–Trinajstić information content (AvgIpc) is 2.66. The van der Waals surface area contributed by atoms with Gasteiger partial charge < -0.3 is 15.7 Å². The summed E-state index contributed by atoms with van der Waals surface area (Å²) in [6.45, 7) is 1.11. The van der Waals surface area contributed by atoms with E-state index in [9.17, 15) is 41.4 Å². The van der Waals surface area contributed by atoms with Crippen LogP contribution < -0.4 is 10.6 Å². The van der Waals surface area contributed by atoms with E-state index in [2.05, 4.69) is 10.6 Å². The molecule has 0 aromatic heterocycles. The highest BCUT2D eigenvalue weighted by Crippen LogP contribution is 2.23. The van der Waals surface area contributed by atoms with Crippen molar-refractivity contribution in [1.82, 2.24) is 10.6 Å². The summed E-state index contributed by atoms with van der Waals surface area (Å²) in [6, 6.07) is 0. The van der Waals surface area contributed by atoms with Crippen molar-refractivity contribution in [3.63, 3.8) is 0 Å². The molecule has 0 radical (unpaired) electrons. The van der Waals surface area contributed by atoms with Crippen LogP contribution in [-0.4, -0.2) is 35.8 Å². The zero-order valence-corrected chi connectivity index (χ0v) is 15.1. The summed E-state index contributed by atoms with van der Waals surface area (Å²) in [5.41, 5.74) is -1.26. The van der Waals surface area contributed by atoms with Gasteiger partial charge in [-0.2, -0.15) is 0 Å². The Hall–Kier alpha value is -3.24. The van der Waals surface area contributed by atoms with E-state index in [1.54, 1.807) is 0 Å². The number of aliphatic hydroxyl groups excluding tert-OH is 1. The first-order chi connectivity index (χ1) is 13.5. The summed E-state index contributed by atoms with van der Waals surface area (Å²) in [6.07, 6.45) is 1.83. The molecule has 0 bridgehead atoms. The minimum atomic E-state index is -2.30. The maximum Gasteiger partial charge on any atom is 0.244 e. The predicted molar refractivity (Wildman–Crippen MR) is 91.9 cm³/mol. The predicted octanol–water partition coefficient (Wildman–Crippen LogP) is 2.44. The van der Waals surface area contributed by atoms with Crippen molar-refractivity contribution in [1.29, 1.82) is 0 Å². The van der Waals surface area contributed by atoms with Crippen LogP contribution in [0.5, 0.6) is 0 Å². The summed E-state index contributed by atoms with van der Waals surface area (Å²) in [7, 11) is 0. The first-order valence-corrected chi connectivity index (χ1v) is 8.18. The van der Waals surface area contributed by atoms with Gasteiger partial charge in [-0.05, 0) is 13.0 Å². The molecule has 29 heavy (non-hydrogen) atoms. The molecule has 0 aliphatic carbocycles. The monoisotopic (exact) mass is 420 g/mol. The number of carbonyl (C=O) groups is 3. The van der Waals surface area contributed by atoms with E-state index in [1.165, 1.54) is 6.92 Å². The number of hydrogen-bond donors (Lipinski definition) is 3. The highest BCUT2D eigenvalue weighted by molar-refractivity contribution is 5.91. The molecule has 1 rings (SSSR count). The lowest BCUT2D eigenvalue weighted by Crippen LogP contribution is -2.33. The van der Waals surface area contributed by atoms with E-state index >= 15 is 0 Å². The first-order valence-electron chi connectivity index (χ1n) is 8.18. The van der Waals surface area contributed by atoms with Gasteiger partial charge in [0.2, 0.25) is 17.6 Å². The number of nitrogens with one attached hydrogen (secondary N) is 2. The third-order valence-electron chi connectivity index (χ3n) is 3.37. The van der Waals surface area contributed by atoms with Gasteiger partial charge in [-0.15, -0.1) is 0 Å². The third-order valence-corrected chi connectivity index (χ3v) is 3.37. The number of carbonyl (C=O) groups excluding carboxylic acids is 3. The van der Waals surface area contributed by atoms with Crippen molar-refractivity contribution < 1.29 is 41.4 Å². The number of aliphatic hydroxyl groups is 1. The molecule has 0 atom stereocenters. The molecule has 1 aromatic rings. The van der Waals surface area contributed by atoms with Crippen LogP contribution in [-0.2, 0) is 14.4 Å². The maximum absolute atomic E-state index is 13.5. The van der Waals surface area contributed by atoms with Gasteiger partial charge in [-0.25, -0.2) is 22.0 Å². The van der Waals surface area contributed by atoms with E-state index < -0.39 is 46.5 Å². The number of hydrogen-bond acceptors (Lipinski definition) is 4. The summed E-state index contributed by atoms with van der Waals surface area (Å²) in [5, 5.41) is 14.0. The Morgan fingerprint density at radius 3 is 1.93 bits per heavy atom. The Bertz CT molecular complexity index is 839. The van der Waals surface area contributed by atoms with Crippen LogP contribution in [0.3, 0.4) is 0 Å². The zero-order valence-electron chi connectivity index (χ0n) is 15.1. The average molecular weight is 420 g/mol. The lowest BCUT2D eigenvalue weighted by Gasteiger charge is -2.06. The summed E-state index contributed by atoms with van der Waals surface area (Å²) >= 11 is 0. The molecular formula is C18H17F5N2O4. The van der Waals surface area contributed by atoms with Crippen molar-refractivity contribution >= 4 is 23.7 Å². The molecule has 6 nitrogen and oxygen atoms in total. The van der Waals surface area contributed by atoms with Gasteiger partial charge in [0.1, 0.15) is 0 Å². The summed E-state index contributed by atoms with van der Waals surface area (Å²) in [5.74, 6) is -12.7. The van der Waals surface area contributed by atoms with Gasteiger partial charge in [0.05, 0.1) is 11.3 Å².